The molecule has 0 unspecified atom stereocenters. The van der Waals surface area contributed by atoms with Crippen molar-refractivity contribution in [2.45, 2.75) is 6.61 Å². The Bertz CT molecular complexity index is 596. The van der Waals surface area contributed by atoms with Gasteiger partial charge in [0.05, 0.1) is 16.3 Å². The molecule has 0 atom stereocenters. The number of aromatic carboxylic acids is 1. The van der Waals surface area contributed by atoms with Crippen molar-refractivity contribution in [1.82, 2.24) is 0 Å². The van der Waals surface area contributed by atoms with E-state index in [1.807, 2.05) is 0 Å². The quantitative estimate of drug-likeness (QED) is 0.842. The number of carbonyl (C=O) groups is 1. The molecule has 98 valence electrons. The van der Waals surface area contributed by atoms with Gasteiger partial charge in [0.1, 0.15) is 12.4 Å². The zero-order chi connectivity index (χ0) is 13.8. The second kappa shape index (κ2) is 5.63. The summed E-state index contributed by atoms with van der Waals surface area (Å²) in [5.74, 6) is -0.334. The lowest BCUT2D eigenvalue weighted by molar-refractivity contribution is 0.0697. The van der Waals surface area contributed by atoms with E-state index in [0.29, 0.717) is 23.1 Å². The highest BCUT2D eigenvalue weighted by Gasteiger charge is 2.03. The maximum Gasteiger partial charge on any atom is 0.335 e. The molecule has 2 aromatic carbocycles. The van der Waals surface area contributed by atoms with Crippen molar-refractivity contribution in [3.63, 3.8) is 0 Å². The molecule has 0 aliphatic heterocycles. The molecule has 19 heavy (non-hydrogen) atoms. The van der Waals surface area contributed by atoms with E-state index in [-0.39, 0.29) is 5.56 Å². The molecule has 0 fully saturated rings. The SMILES string of the molecule is Nc1ccc(OCc2ccc(C(=O)O)cc2)cc1Cl. The van der Waals surface area contributed by atoms with Crippen molar-refractivity contribution in [1.29, 1.82) is 0 Å². The van der Waals surface area contributed by atoms with E-state index in [1.54, 1.807) is 30.3 Å². The Kier molecular flexibility index (Phi) is 3.92. The molecule has 0 aliphatic carbocycles. The van der Waals surface area contributed by atoms with Gasteiger partial charge in [0, 0.05) is 6.07 Å². The van der Waals surface area contributed by atoms with Gasteiger partial charge < -0.3 is 15.6 Å². The fourth-order valence-electron chi connectivity index (χ4n) is 1.51. The van der Waals surface area contributed by atoms with Crippen LogP contribution in [-0.2, 0) is 6.61 Å². The van der Waals surface area contributed by atoms with Crippen molar-refractivity contribution in [3.8, 4) is 5.75 Å². The lowest BCUT2D eigenvalue weighted by atomic mass is 10.1. The minimum absolute atomic E-state index is 0.249. The monoisotopic (exact) mass is 277 g/mol. The average molecular weight is 278 g/mol. The second-order valence-electron chi connectivity index (χ2n) is 3.97. The molecular formula is C14H12ClNO3. The Hall–Kier alpha value is -2.20. The van der Waals surface area contributed by atoms with Gasteiger partial charge in [-0.3, -0.25) is 0 Å². The highest BCUT2D eigenvalue weighted by molar-refractivity contribution is 6.33. The smallest absolute Gasteiger partial charge is 0.335 e. The summed E-state index contributed by atoms with van der Waals surface area (Å²) in [4.78, 5) is 10.7. The molecular weight excluding hydrogens is 266 g/mol. The molecule has 0 aromatic heterocycles. The molecule has 4 nitrogen and oxygen atoms in total. The van der Waals surface area contributed by atoms with Crippen molar-refractivity contribution in [2.24, 2.45) is 0 Å². The topological polar surface area (TPSA) is 72.5 Å². The minimum atomic E-state index is -0.946. The summed E-state index contributed by atoms with van der Waals surface area (Å²) < 4.78 is 5.54. The first kappa shape index (κ1) is 13.2. The van der Waals surface area contributed by atoms with Gasteiger partial charge in [-0.25, -0.2) is 4.79 Å². The number of carboxylic acids is 1. The van der Waals surface area contributed by atoms with E-state index in [9.17, 15) is 4.79 Å². The van der Waals surface area contributed by atoms with Crippen molar-refractivity contribution in [2.75, 3.05) is 5.73 Å². The van der Waals surface area contributed by atoms with Crippen LogP contribution in [0.3, 0.4) is 0 Å². The molecule has 2 aromatic rings. The Morgan fingerprint density at radius 3 is 2.47 bits per heavy atom. The van der Waals surface area contributed by atoms with Crippen LogP contribution in [0.2, 0.25) is 5.02 Å². The van der Waals surface area contributed by atoms with E-state index in [4.69, 9.17) is 27.2 Å². The summed E-state index contributed by atoms with van der Waals surface area (Å²) in [5, 5.41) is 9.23. The molecule has 0 saturated carbocycles. The van der Waals surface area contributed by atoms with E-state index < -0.39 is 5.97 Å². The Labute approximate surface area is 115 Å². The standard InChI is InChI=1S/C14H12ClNO3/c15-12-7-11(5-6-13(12)16)19-8-9-1-3-10(4-2-9)14(17)18/h1-7H,8,16H2,(H,17,18). The molecule has 0 spiro atoms. The number of halogens is 1. The van der Waals surface area contributed by atoms with Crippen LogP contribution in [0, 0.1) is 0 Å². The van der Waals surface area contributed by atoms with Gasteiger partial charge in [-0.05, 0) is 29.8 Å². The van der Waals surface area contributed by atoms with Gasteiger partial charge in [0.25, 0.3) is 0 Å². The van der Waals surface area contributed by atoms with Gasteiger partial charge in [0.15, 0.2) is 0 Å². The summed E-state index contributed by atoms with van der Waals surface area (Å²) in [6.07, 6.45) is 0. The van der Waals surface area contributed by atoms with Crippen LogP contribution < -0.4 is 10.5 Å². The van der Waals surface area contributed by atoms with E-state index >= 15 is 0 Å². The highest BCUT2D eigenvalue weighted by Crippen LogP contribution is 2.24. The zero-order valence-corrected chi connectivity index (χ0v) is 10.7. The summed E-state index contributed by atoms with van der Waals surface area (Å²) in [5.41, 5.74) is 7.22. The fraction of sp³-hybridized carbons (Fsp3) is 0.0714. The van der Waals surface area contributed by atoms with E-state index in [1.165, 1.54) is 12.1 Å². The normalized spacial score (nSPS) is 10.2. The third-order valence-electron chi connectivity index (χ3n) is 2.58. The summed E-state index contributed by atoms with van der Waals surface area (Å²) >= 11 is 5.88. The summed E-state index contributed by atoms with van der Waals surface area (Å²) in [7, 11) is 0. The number of nitrogens with two attached hydrogens (primary N) is 1. The third-order valence-corrected chi connectivity index (χ3v) is 2.91. The number of hydrogen-bond acceptors (Lipinski definition) is 3. The average Bonchev–Trinajstić information content (AvgIpc) is 2.40. The van der Waals surface area contributed by atoms with Gasteiger partial charge in [-0.1, -0.05) is 23.7 Å². The number of rotatable bonds is 4. The van der Waals surface area contributed by atoms with Gasteiger partial charge >= 0.3 is 5.97 Å². The van der Waals surface area contributed by atoms with Crippen LogP contribution in [0.5, 0.6) is 5.75 Å². The van der Waals surface area contributed by atoms with Crippen molar-refractivity contribution >= 4 is 23.3 Å². The van der Waals surface area contributed by atoms with Gasteiger partial charge in [0.2, 0.25) is 0 Å². The number of anilines is 1. The Morgan fingerprint density at radius 1 is 1.21 bits per heavy atom. The van der Waals surface area contributed by atoms with Crippen LogP contribution in [0.1, 0.15) is 15.9 Å². The molecule has 0 saturated heterocycles. The minimum Gasteiger partial charge on any atom is -0.489 e. The molecule has 0 bridgehead atoms. The first-order chi connectivity index (χ1) is 9.06. The number of benzene rings is 2. The number of hydrogen-bond donors (Lipinski definition) is 2. The molecule has 5 heteroatoms. The van der Waals surface area contributed by atoms with Crippen molar-refractivity contribution in [3.05, 3.63) is 58.6 Å². The van der Waals surface area contributed by atoms with Crippen LogP contribution in [0.4, 0.5) is 5.69 Å². The Morgan fingerprint density at radius 2 is 1.89 bits per heavy atom. The van der Waals surface area contributed by atoms with E-state index in [0.717, 1.165) is 5.56 Å². The van der Waals surface area contributed by atoms with Crippen LogP contribution in [-0.4, -0.2) is 11.1 Å². The van der Waals surface area contributed by atoms with E-state index in [2.05, 4.69) is 0 Å². The van der Waals surface area contributed by atoms with Crippen LogP contribution in [0.15, 0.2) is 42.5 Å². The lowest BCUT2D eigenvalue weighted by Gasteiger charge is -2.07. The first-order valence-electron chi connectivity index (χ1n) is 5.56. The molecule has 0 amide bonds. The summed E-state index contributed by atoms with van der Waals surface area (Å²) in [6, 6.07) is 11.5. The Balaban J connectivity index is 2.01. The van der Waals surface area contributed by atoms with Gasteiger partial charge in [-0.2, -0.15) is 0 Å². The van der Waals surface area contributed by atoms with Crippen LogP contribution >= 0.6 is 11.6 Å². The number of ether oxygens (including phenoxy) is 1. The largest absolute Gasteiger partial charge is 0.489 e. The summed E-state index contributed by atoms with van der Waals surface area (Å²) in [6.45, 7) is 0.333. The number of nitrogen functional groups attached to an aromatic ring is 1. The third kappa shape index (κ3) is 3.39. The molecule has 0 radical (unpaired) electrons. The molecule has 2 rings (SSSR count). The van der Waals surface area contributed by atoms with Crippen molar-refractivity contribution < 1.29 is 14.6 Å². The molecule has 3 N–H and O–H groups in total. The zero-order valence-electron chi connectivity index (χ0n) is 9.97. The van der Waals surface area contributed by atoms with Gasteiger partial charge in [-0.15, -0.1) is 0 Å². The molecule has 0 aliphatic rings. The number of carboxylic acid groups (broad SMARTS) is 1. The predicted octanol–water partition coefficient (Wildman–Crippen LogP) is 3.20. The second-order valence-corrected chi connectivity index (χ2v) is 4.38. The van der Waals surface area contributed by atoms with Crippen LogP contribution in [0.25, 0.3) is 0 Å². The maximum absolute atomic E-state index is 10.7. The predicted molar refractivity (Wildman–Crippen MR) is 73.6 cm³/mol. The maximum atomic E-state index is 10.7. The first-order valence-corrected chi connectivity index (χ1v) is 5.94. The fourth-order valence-corrected chi connectivity index (χ4v) is 1.68. The highest BCUT2D eigenvalue weighted by atomic mass is 35.5. The molecule has 0 heterocycles. The lowest BCUT2D eigenvalue weighted by Crippen LogP contribution is -1.99.